The van der Waals surface area contributed by atoms with E-state index in [0.717, 1.165) is 17.7 Å². The van der Waals surface area contributed by atoms with Crippen molar-refractivity contribution in [3.05, 3.63) is 93.4 Å². The van der Waals surface area contributed by atoms with Crippen LogP contribution in [0, 0.1) is 12.7 Å². The molecule has 0 bridgehead atoms. The minimum Gasteiger partial charge on any atom is -0.403 e. The minimum absolute atomic E-state index is 0.130. The normalized spacial score (nSPS) is 12.5. The summed E-state index contributed by atoms with van der Waals surface area (Å²) in [6, 6.07) is 9.19. The fraction of sp³-hybridized carbons (Fsp3) is 0.227. The molecule has 0 aliphatic rings. The number of aryl methyl sites for hydroxylation is 2. The maximum Gasteiger partial charge on any atom is 0.573 e. The third-order valence-electron chi connectivity index (χ3n) is 4.76. The van der Waals surface area contributed by atoms with Gasteiger partial charge in [-0.25, -0.2) is 4.39 Å². The number of halogens is 4. The van der Waals surface area contributed by atoms with Gasteiger partial charge >= 0.3 is 6.36 Å². The number of pyridine rings is 2. The Bertz CT molecular complexity index is 1170. The van der Waals surface area contributed by atoms with E-state index in [1.807, 2.05) is 0 Å². The van der Waals surface area contributed by atoms with Gasteiger partial charge in [0.2, 0.25) is 5.56 Å². The number of ketones is 1. The number of aromatic nitrogens is 2. The van der Waals surface area contributed by atoms with Crippen LogP contribution in [0.2, 0.25) is 0 Å². The number of alkyl halides is 3. The summed E-state index contributed by atoms with van der Waals surface area (Å²) in [6.45, 7) is 1.77. The summed E-state index contributed by atoms with van der Waals surface area (Å²) in [7, 11) is 1.51. The average molecular weight is 434 g/mol. The van der Waals surface area contributed by atoms with Gasteiger partial charge in [0.15, 0.2) is 17.3 Å². The number of benzene rings is 1. The molecule has 0 saturated heterocycles. The Kier molecular flexibility index (Phi) is 6.24. The lowest BCUT2D eigenvalue weighted by Crippen LogP contribution is -2.19. The molecule has 3 aromatic rings. The van der Waals surface area contributed by atoms with E-state index in [-0.39, 0.29) is 28.9 Å². The van der Waals surface area contributed by atoms with E-state index < -0.39 is 23.8 Å². The van der Waals surface area contributed by atoms with Crippen molar-refractivity contribution in [1.82, 2.24) is 9.55 Å². The molecule has 1 atom stereocenters. The number of Topliss-reactive ketones (excluding diaryl/α,β-unsaturated/α-hetero) is 1. The lowest BCUT2D eigenvalue weighted by molar-refractivity contribution is -0.275. The van der Waals surface area contributed by atoms with Gasteiger partial charge in [-0.05, 0) is 42.3 Å². The van der Waals surface area contributed by atoms with Gasteiger partial charge in [0.1, 0.15) is 0 Å². The highest BCUT2D eigenvalue weighted by Crippen LogP contribution is 2.34. The highest BCUT2D eigenvalue weighted by Gasteiger charge is 2.33. The van der Waals surface area contributed by atoms with E-state index in [1.54, 1.807) is 19.1 Å². The smallest absolute Gasteiger partial charge is 0.403 e. The number of nitrogens with zero attached hydrogens (tertiary/aromatic N) is 2. The first-order valence-corrected chi connectivity index (χ1v) is 9.22. The first kappa shape index (κ1) is 22.2. The number of rotatable bonds is 6. The van der Waals surface area contributed by atoms with Crippen LogP contribution in [0.25, 0.3) is 0 Å². The van der Waals surface area contributed by atoms with E-state index >= 15 is 0 Å². The third kappa shape index (κ3) is 5.36. The molecule has 0 aliphatic carbocycles. The highest BCUT2D eigenvalue weighted by molar-refractivity contribution is 5.96. The minimum atomic E-state index is -5.03. The molecule has 31 heavy (non-hydrogen) atoms. The van der Waals surface area contributed by atoms with Crippen molar-refractivity contribution in [2.75, 3.05) is 0 Å². The summed E-state index contributed by atoms with van der Waals surface area (Å²) in [5, 5.41) is 0. The average Bonchev–Trinajstić information content (AvgIpc) is 2.69. The van der Waals surface area contributed by atoms with Crippen molar-refractivity contribution in [2.45, 2.75) is 25.6 Å². The SMILES string of the molecule is Cc1cccnc1[C@@H](CC(=O)c1ccc(=O)n(C)c1)c1ccc(OC(F)(F)F)c(F)c1. The van der Waals surface area contributed by atoms with Crippen LogP contribution in [0.3, 0.4) is 0 Å². The Balaban J connectivity index is 2.00. The Morgan fingerprint density at radius 3 is 2.55 bits per heavy atom. The van der Waals surface area contributed by atoms with Crippen molar-refractivity contribution in [3.8, 4) is 5.75 Å². The van der Waals surface area contributed by atoms with Gasteiger partial charge in [0.25, 0.3) is 0 Å². The molecule has 0 radical (unpaired) electrons. The maximum atomic E-state index is 14.3. The lowest BCUT2D eigenvalue weighted by atomic mass is 9.87. The summed E-state index contributed by atoms with van der Waals surface area (Å²) in [5.41, 5.74) is 1.49. The molecule has 0 spiro atoms. The lowest BCUT2D eigenvalue weighted by Gasteiger charge is -2.19. The number of carbonyl (C=O) groups excluding carboxylic acids is 1. The number of hydrogen-bond donors (Lipinski definition) is 0. The van der Waals surface area contributed by atoms with E-state index in [0.29, 0.717) is 5.69 Å². The van der Waals surface area contributed by atoms with E-state index in [9.17, 15) is 27.2 Å². The van der Waals surface area contributed by atoms with Gasteiger partial charge in [-0.2, -0.15) is 0 Å². The Labute approximate surface area is 174 Å². The second-order valence-corrected chi connectivity index (χ2v) is 6.99. The molecular weight excluding hydrogens is 416 g/mol. The Hall–Kier alpha value is -3.49. The molecular formula is C22H18F4N2O3. The summed E-state index contributed by atoms with van der Waals surface area (Å²) >= 11 is 0. The topological polar surface area (TPSA) is 61.2 Å². The quantitative estimate of drug-likeness (QED) is 0.423. The van der Waals surface area contributed by atoms with Crippen LogP contribution in [-0.4, -0.2) is 21.7 Å². The van der Waals surface area contributed by atoms with Crippen molar-refractivity contribution in [3.63, 3.8) is 0 Å². The zero-order chi connectivity index (χ0) is 22.8. The van der Waals surface area contributed by atoms with Gasteiger partial charge in [-0.3, -0.25) is 14.6 Å². The summed E-state index contributed by atoms with van der Waals surface area (Å²) in [5.74, 6) is -3.22. The molecule has 0 aliphatic heterocycles. The standard InChI is InChI=1S/C22H18F4N2O3/c1-13-4-3-9-27-21(13)16(11-18(29)15-6-8-20(30)28(2)12-15)14-5-7-19(17(23)10-14)31-22(24,25)26/h3-10,12,16H,11H2,1-2H3/t16-/m0/s1. The molecule has 1 aromatic carbocycles. The molecule has 0 N–H and O–H groups in total. The van der Waals surface area contributed by atoms with Gasteiger partial charge in [-0.1, -0.05) is 12.1 Å². The van der Waals surface area contributed by atoms with Crippen molar-refractivity contribution in [1.29, 1.82) is 0 Å². The highest BCUT2D eigenvalue weighted by atomic mass is 19.4. The molecule has 162 valence electrons. The van der Waals surface area contributed by atoms with E-state index in [4.69, 9.17) is 0 Å². The molecule has 0 saturated carbocycles. The fourth-order valence-electron chi connectivity index (χ4n) is 3.24. The number of hydrogen-bond acceptors (Lipinski definition) is 4. The third-order valence-corrected chi connectivity index (χ3v) is 4.76. The second-order valence-electron chi connectivity index (χ2n) is 6.99. The molecule has 0 amide bonds. The number of carbonyl (C=O) groups is 1. The maximum absolute atomic E-state index is 14.3. The molecule has 0 unspecified atom stereocenters. The molecule has 2 aromatic heterocycles. The molecule has 2 heterocycles. The first-order valence-electron chi connectivity index (χ1n) is 9.22. The van der Waals surface area contributed by atoms with Crippen molar-refractivity contribution in [2.24, 2.45) is 7.05 Å². The summed E-state index contributed by atoms with van der Waals surface area (Å²) < 4.78 is 56.6. The first-order chi connectivity index (χ1) is 14.5. The van der Waals surface area contributed by atoms with Gasteiger partial charge in [-0.15, -0.1) is 13.2 Å². The monoisotopic (exact) mass is 434 g/mol. The van der Waals surface area contributed by atoms with E-state index in [2.05, 4.69) is 9.72 Å². The zero-order valence-electron chi connectivity index (χ0n) is 16.6. The van der Waals surface area contributed by atoms with Crippen LogP contribution >= 0.6 is 0 Å². The fourth-order valence-corrected chi connectivity index (χ4v) is 3.24. The van der Waals surface area contributed by atoms with Gasteiger partial charge in [0, 0.05) is 43.4 Å². The largest absolute Gasteiger partial charge is 0.573 e. The molecule has 0 fully saturated rings. The van der Waals surface area contributed by atoms with Crippen LogP contribution in [0.1, 0.15) is 39.5 Å². The van der Waals surface area contributed by atoms with Gasteiger partial charge < -0.3 is 9.30 Å². The predicted molar refractivity (Wildman–Crippen MR) is 105 cm³/mol. The van der Waals surface area contributed by atoms with Crippen LogP contribution < -0.4 is 10.3 Å². The van der Waals surface area contributed by atoms with Gasteiger partial charge in [0.05, 0.1) is 5.69 Å². The van der Waals surface area contributed by atoms with Crippen molar-refractivity contribution >= 4 is 5.78 Å². The van der Waals surface area contributed by atoms with Crippen LogP contribution in [0.4, 0.5) is 17.6 Å². The molecule has 5 nitrogen and oxygen atoms in total. The van der Waals surface area contributed by atoms with Crippen LogP contribution in [-0.2, 0) is 7.05 Å². The zero-order valence-corrected chi connectivity index (χ0v) is 16.6. The second kappa shape index (κ2) is 8.71. The number of ether oxygens (including phenoxy) is 1. The van der Waals surface area contributed by atoms with Crippen LogP contribution in [0.5, 0.6) is 5.75 Å². The molecule has 3 rings (SSSR count). The van der Waals surface area contributed by atoms with Crippen molar-refractivity contribution < 1.29 is 27.1 Å². The Morgan fingerprint density at radius 2 is 1.94 bits per heavy atom. The van der Waals surface area contributed by atoms with Crippen LogP contribution in [0.15, 0.2) is 59.7 Å². The molecule has 9 heteroatoms. The van der Waals surface area contributed by atoms with E-state index in [1.165, 1.54) is 42.2 Å². The summed E-state index contributed by atoms with van der Waals surface area (Å²) in [4.78, 5) is 28.8. The Morgan fingerprint density at radius 1 is 1.19 bits per heavy atom. The summed E-state index contributed by atoms with van der Waals surface area (Å²) in [6.07, 6.45) is -2.25. The predicted octanol–water partition coefficient (Wildman–Crippen LogP) is 4.53.